The van der Waals surface area contributed by atoms with Gasteiger partial charge in [-0.25, -0.2) is 0 Å². The molecule has 124 valence electrons. The van der Waals surface area contributed by atoms with Crippen molar-refractivity contribution in [2.75, 3.05) is 40.4 Å². The number of methoxy groups -OCH3 is 4. The highest BCUT2D eigenvalue weighted by atomic mass is 16.6. The Labute approximate surface area is 131 Å². The lowest BCUT2D eigenvalue weighted by molar-refractivity contribution is -0.243. The molecule has 0 aromatic heterocycles. The maximum Gasteiger partial charge on any atom is 0.157 e. The average Bonchev–Trinajstić information content (AvgIpc) is 2.55. The van der Waals surface area contributed by atoms with Gasteiger partial charge in [-0.05, 0) is 12.1 Å². The van der Waals surface area contributed by atoms with Crippen LogP contribution in [0.25, 0.3) is 0 Å². The monoisotopic (exact) mass is 311 g/mol. The molecule has 0 aliphatic carbocycles. The van der Waals surface area contributed by atoms with Crippen LogP contribution in [-0.2, 0) is 23.7 Å². The quantitative estimate of drug-likeness (QED) is 0.824. The van der Waals surface area contributed by atoms with Crippen molar-refractivity contribution in [3.63, 3.8) is 0 Å². The Hall–Kier alpha value is -1.18. The minimum Gasteiger partial charge on any atom is -0.382 e. The van der Waals surface area contributed by atoms with Crippen molar-refractivity contribution in [3.05, 3.63) is 30.3 Å². The molecule has 0 unspecified atom stereocenters. The molecule has 0 saturated carbocycles. The maximum atomic E-state index is 6.10. The first-order valence-corrected chi connectivity index (χ1v) is 7.29. The van der Waals surface area contributed by atoms with E-state index in [0.29, 0.717) is 6.61 Å². The molecule has 6 nitrogen and oxygen atoms in total. The van der Waals surface area contributed by atoms with E-state index in [1.54, 1.807) is 28.4 Å². The lowest BCUT2D eigenvalue weighted by Gasteiger charge is -2.45. The van der Waals surface area contributed by atoms with Gasteiger partial charge in [0, 0.05) is 34.1 Å². The summed E-state index contributed by atoms with van der Waals surface area (Å²) in [6.45, 7) is 0.418. The molecular formula is C16H25NO5. The molecule has 1 N–H and O–H groups in total. The minimum atomic E-state index is -0.358. The van der Waals surface area contributed by atoms with Crippen LogP contribution in [0.4, 0.5) is 5.69 Å². The van der Waals surface area contributed by atoms with Gasteiger partial charge in [-0.3, -0.25) is 0 Å². The van der Waals surface area contributed by atoms with E-state index in [0.717, 1.165) is 5.69 Å². The van der Waals surface area contributed by atoms with Crippen molar-refractivity contribution in [2.24, 2.45) is 0 Å². The zero-order valence-corrected chi connectivity index (χ0v) is 13.5. The van der Waals surface area contributed by atoms with E-state index >= 15 is 0 Å². The van der Waals surface area contributed by atoms with Crippen LogP contribution in [0.5, 0.6) is 0 Å². The van der Waals surface area contributed by atoms with Gasteiger partial charge in [0.15, 0.2) is 6.23 Å². The maximum absolute atomic E-state index is 6.10. The van der Waals surface area contributed by atoms with Gasteiger partial charge in [0.05, 0.1) is 6.61 Å². The Morgan fingerprint density at radius 1 is 0.909 bits per heavy atom. The van der Waals surface area contributed by atoms with E-state index in [1.165, 1.54) is 0 Å². The van der Waals surface area contributed by atoms with Crippen molar-refractivity contribution in [1.82, 2.24) is 0 Å². The lowest BCUT2D eigenvalue weighted by atomic mass is 9.97. The second kappa shape index (κ2) is 8.45. The highest BCUT2D eigenvalue weighted by Crippen LogP contribution is 2.28. The molecule has 1 aliphatic heterocycles. The standard InChI is InChI=1S/C16H25NO5/c1-18-10-12-13(19-2)14(20-3)15(21-4)16(22-12)17-11-8-6-5-7-9-11/h5-9,12-17H,10H2,1-4H3/t12-,13-,14-,15-,16+/m0/s1. The lowest BCUT2D eigenvalue weighted by Crippen LogP contribution is -2.62. The SMILES string of the molecule is COC[C@@H]1O[C@@H](Nc2ccccc2)[C@@H](OC)[C@@H](OC)[C@H]1OC. The number of anilines is 1. The Balaban J connectivity index is 2.19. The van der Waals surface area contributed by atoms with E-state index in [-0.39, 0.29) is 30.6 Å². The van der Waals surface area contributed by atoms with E-state index in [2.05, 4.69) is 5.32 Å². The Morgan fingerprint density at radius 3 is 2.09 bits per heavy atom. The Morgan fingerprint density at radius 2 is 1.55 bits per heavy atom. The summed E-state index contributed by atoms with van der Waals surface area (Å²) in [5, 5.41) is 3.34. The van der Waals surface area contributed by atoms with Crippen LogP contribution in [0.15, 0.2) is 30.3 Å². The molecular weight excluding hydrogens is 286 g/mol. The van der Waals surface area contributed by atoms with Crippen LogP contribution in [0.1, 0.15) is 0 Å². The zero-order chi connectivity index (χ0) is 15.9. The molecule has 1 aromatic rings. The van der Waals surface area contributed by atoms with E-state index in [9.17, 15) is 0 Å². The normalized spacial score (nSPS) is 31.9. The van der Waals surface area contributed by atoms with Crippen molar-refractivity contribution >= 4 is 5.69 Å². The van der Waals surface area contributed by atoms with Gasteiger partial charge in [0.2, 0.25) is 0 Å². The van der Waals surface area contributed by atoms with Crippen LogP contribution in [0.2, 0.25) is 0 Å². The highest BCUT2D eigenvalue weighted by molar-refractivity contribution is 5.43. The molecule has 1 aliphatic rings. The smallest absolute Gasteiger partial charge is 0.157 e. The van der Waals surface area contributed by atoms with Gasteiger partial charge < -0.3 is 29.0 Å². The molecule has 2 rings (SSSR count). The molecule has 5 atom stereocenters. The summed E-state index contributed by atoms with van der Waals surface area (Å²) in [7, 11) is 6.57. The summed E-state index contributed by atoms with van der Waals surface area (Å²) >= 11 is 0. The third kappa shape index (κ3) is 3.77. The van der Waals surface area contributed by atoms with E-state index in [1.807, 2.05) is 30.3 Å². The molecule has 6 heteroatoms. The Bertz CT molecular complexity index is 430. The van der Waals surface area contributed by atoms with E-state index < -0.39 is 0 Å². The van der Waals surface area contributed by atoms with Crippen LogP contribution in [0, 0.1) is 0 Å². The predicted octanol–water partition coefficient (Wildman–Crippen LogP) is 1.51. The molecule has 0 spiro atoms. The molecule has 22 heavy (non-hydrogen) atoms. The van der Waals surface area contributed by atoms with Crippen LogP contribution < -0.4 is 5.32 Å². The fourth-order valence-corrected chi connectivity index (χ4v) is 2.84. The number of hydrogen-bond acceptors (Lipinski definition) is 6. The summed E-state index contributed by atoms with van der Waals surface area (Å²) in [6, 6.07) is 9.85. The topological polar surface area (TPSA) is 58.2 Å². The van der Waals surface area contributed by atoms with Gasteiger partial charge in [-0.15, -0.1) is 0 Å². The van der Waals surface area contributed by atoms with Gasteiger partial charge in [-0.1, -0.05) is 18.2 Å². The van der Waals surface area contributed by atoms with Crippen LogP contribution >= 0.6 is 0 Å². The number of para-hydroxylation sites is 1. The van der Waals surface area contributed by atoms with Gasteiger partial charge >= 0.3 is 0 Å². The summed E-state index contributed by atoms with van der Waals surface area (Å²) in [5.74, 6) is 0. The molecule has 0 bridgehead atoms. The molecule has 1 aromatic carbocycles. The second-order valence-electron chi connectivity index (χ2n) is 5.16. The van der Waals surface area contributed by atoms with Crippen molar-refractivity contribution in [2.45, 2.75) is 30.6 Å². The third-order valence-corrected chi connectivity index (χ3v) is 3.86. The molecule has 1 heterocycles. The molecule has 1 saturated heterocycles. The average molecular weight is 311 g/mol. The van der Waals surface area contributed by atoms with Crippen molar-refractivity contribution in [1.29, 1.82) is 0 Å². The fraction of sp³-hybridized carbons (Fsp3) is 0.625. The van der Waals surface area contributed by atoms with E-state index in [4.69, 9.17) is 23.7 Å². The number of benzene rings is 1. The first-order valence-electron chi connectivity index (χ1n) is 7.29. The summed E-state index contributed by atoms with van der Waals surface area (Å²) in [5.41, 5.74) is 0.955. The number of nitrogens with one attached hydrogen (secondary N) is 1. The molecule has 0 amide bonds. The summed E-state index contributed by atoms with van der Waals surface area (Å²) in [6.07, 6.45) is -1.42. The fourth-order valence-electron chi connectivity index (χ4n) is 2.84. The molecule has 1 fully saturated rings. The minimum absolute atomic E-state index is 0.243. The third-order valence-electron chi connectivity index (χ3n) is 3.86. The molecule has 0 radical (unpaired) electrons. The summed E-state index contributed by atoms with van der Waals surface area (Å²) in [4.78, 5) is 0. The van der Waals surface area contributed by atoms with Crippen molar-refractivity contribution in [3.8, 4) is 0 Å². The number of hydrogen-bond donors (Lipinski definition) is 1. The van der Waals surface area contributed by atoms with Gasteiger partial charge in [0.25, 0.3) is 0 Å². The Kier molecular flexibility index (Phi) is 6.60. The largest absolute Gasteiger partial charge is 0.382 e. The predicted molar refractivity (Wildman–Crippen MR) is 83.0 cm³/mol. The second-order valence-corrected chi connectivity index (χ2v) is 5.16. The van der Waals surface area contributed by atoms with Crippen LogP contribution in [-0.4, -0.2) is 65.7 Å². The zero-order valence-electron chi connectivity index (χ0n) is 13.5. The summed E-state index contributed by atoms with van der Waals surface area (Å²) < 4.78 is 28.1. The number of rotatable bonds is 7. The van der Waals surface area contributed by atoms with Crippen LogP contribution in [0.3, 0.4) is 0 Å². The first-order chi connectivity index (χ1) is 10.7. The highest BCUT2D eigenvalue weighted by Gasteiger charge is 2.47. The first kappa shape index (κ1) is 17.2. The van der Waals surface area contributed by atoms with Gasteiger partial charge in [-0.2, -0.15) is 0 Å². The van der Waals surface area contributed by atoms with Gasteiger partial charge in [0.1, 0.15) is 24.4 Å². The van der Waals surface area contributed by atoms with Crippen molar-refractivity contribution < 1.29 is 23.7 Å². The number of ether oxygens (including phenoxy) is 5.